The van der Waals surface area contributed by atoms with Crippen molar-refractivity contribution < 1.29 is 4.74 Å². The van der Waals surface area contributed by atoms with Gasteiger partial charge in [0.05, 0.1) is 17.5 Å². The molecule has 0 aliphatic heterocycles. The van der Waals surface area contributed by atoms with E-state index < -0.39 is 0 Å². The summed E-state index contributed by atoms with van der Waals surface area (Å²) in [5.41, 5.74) is 1.28. The van der Waals surface area contributed by atoms with E-state index >= 15 is 0 Å². The first-order valence-corrected chi connectivity index (χ1v) is 9.71. The monoisotopic (exact) mass is 452 g/mol. The Hall–Kier alpha value is -3.33. The molecule has 0 fully saturated rings. The van der Waals surface area contributed by atoms with Gasteiger partial charge in [0, 0.05) is 37.4 Å². The lowest BCUT2D eigenvalue weighted by molar-refractivity contribution is 0.480. The van der Waals surface area contributed by atoms with Crippen molar-refractivity contribution in [2.45, 2.75) is 6.92 Å². The number of hydrogen-bond acceptors (Lipinski definition) is 7. The molecule has 4 rings (SSSR count). The number of fused-ring (bicyclic) bond motifs is 1. The highest BCUT2D eigenvalue weighted by atomic mass is 79.9. The average Bonchev–Trinajstić information content (AvgIpc) is 2.71. The first-order chi connectivity index (χ1) is 14.0. The van der Waals surface area contributed by atoms with Crippen molar-refractivity contribution in [3.05, 3.63) is 63.9 Å². The minimum atomic E-state index is -0.175. The van der Waals surface area contributed by atoms with Gasteiger partial charge in [-0.05, 0) is 47.1 Å². The highest BCUT2D eigenvalue weighted by Crippen LogP contribution is 2.26. The molecular weight excluding hydrogens is 436 g/mol. The van der Waals surface area contributed by atoms with Crippen molar-refractivity contribution in [2.24, 2.45) is 7.05 Å². The minimum absolute atomic E-state index is 0.175. The van der Waals surface area contributed by atoms with Gasteiger partial charge in [-0.15, -0.1) is 0 Å². The topological polar surface area (TPSA) is 94.8 Å². The van der Waals surface area contributed by atoms with E-state index in [9.17, 15) is 4.79 Å². The van der Waals surface area contributed by atoms with Crippen LogP contribution in [0.3, 0.4) is 0 Å². The SMILES string of the molecule is CCNc1ncc(-c2ccc3cc(Oc4ccnc(Br)c4)cnc3n2)c(=O)n1C. The van der Waals surface area contributed by atoms with Gasteiger partial charge >= 0.3 is 0 Å². The minimum Gasteiger partial charge on any atom is -0.456 e. The van der Waals surface area contributed by atoms with Crippen molar-refractivity contribution in [2.75, 3.05) is 11.9 Å². The lowest BCUT2D eigenvalue weighted by Crippen LogP contribution is -2.23. The van der Waals surface area contributed by atoms with E-state index in [1.165, 1.54) is 10.8 Å². The van der Waals surface area contributed by atoms with Gasteiger partial charge in [0.25, 0.3) is 5.56 Å². The van der Waals surface area contributed by atoms with E-state index in [4.69, 9.17) is 4.74 Å². The van der Waals surface area contributed by atoms with E-state index in [0.29, 0.717) is 45.5 Å². The number of pyridine rings is 3. The Kier molecular flexibility index (Phi) is 5.22. The van der Waals surface area contributed by atoms with E-state index in [1.54, 1.807) is 37.6 Å². The fourth-order valence-electron chi connectivity index (χ4n) is 2.82. The van der Waals surface area contributed by atoms with Gasteiger partial charge < -0.3 is 10.1 Å². The normalized spacial score (nSPS) is 10.9. The predicted octanol–water partition coefficient (Wildman–Crippen LogP) is 3.77. The molecular formula is C20H17BrN6O2. The van der Waals surface area contributed by atoms with Crippen LogP contribution in [0.1, 0.15) is 6.92 Å². The van der Waals surface area contributed by atoms with Gasteiger partial charge in [-0.2, -0.15) is 0 Å². The highest BCUT2D eigenvalue weighted by molar-refractivity contribution is 9.10. The number of aromatic nitrogens is 5. The first-order valence-electron chi connectivity index (χ1n) is 8.91. The molecule has 29 heavy (non-hydrogen) atoms. The van der Waals surface area contributed by atoms with Crippen molar-refractivity contribution in [3.63, 3.8) is 0 Å². The molecule has 0 bridgehead atoms. The fourth-order valence-corrected chi connectivity index (χ4v) is 3.17. The Bertz CT molecular complexity index is 1260. The summed E-state index contributed by atoms with van der Waals surface area (Å²) in [6, 6.07) is 9.01. The molecule has 0 saturated carbocycles. The third-order valence-electron chi connectivity index (χ3n) is 4.23. The van der Waals surface area contributed by atoms with Crippen molar-refractivity contribution in [1.82, 2.24) is 24.5 Å². The second-order valence-corrected chi connectivity index (χ2v) is 7.03. The molecule has 0 aliphatic rings. The molecule has 0 spiro atoms. The Morgan fingerprint density at radius 2 is 1.97 bits per heavy atom. The first kappa shape index (κ1) is 19.0. The van der Waals surface area contributed by atoms with E-state index in [1.807, 2.05) is 19.1 Å². The van der Waals surface area contributed by atoms with Crippen LogP contribution >= 0.6 is 15.9 Å². The highest BCUT2D eigenvalue weighted by Gasteiger charge is 2.12. The third kappa shape index (κ3) is 3.95. The van der Waals surface area contributed by atoms with Crippen molar-refractivity contribution in [1.29, 1.82) is 0 Å². The number of rotatable bonds is 5. The van der Waals surface area contributed by atoms with Crippen LogP contribution in [0, 0.1) is 0 Å². The fraction of sp³-hybridized carbons (Fsp3) is 0.150. The second kappa shape index (κ2) is 7.96. The van der Waals surface area contributed by atoms with Crippen LogP contribution < -0.4 is 15.6 Å². The zero-order valence-electron chi connectivity index (χ0n) is 15.8. The number of ether oxygens (including phenoxy) is 1. The second-order valence-electron chi connectivity index (χ2n) is 6.22. The summed E-state index contributed by atoms with van der Waals surface area (Å²) < 4.78 is 7.98. The lowest BCUT2D eigenvalue weighted by Gasteiger charge is -2.10. The molecule has 1 N–H and O–H groups in total. The van der Waals surface area contributed by atoms with Crippen molar-refractivity contribution in [3.8, 4) is 22.8 Å². The van der Waals surface area contributed by atoms with E-state index in [2.05, 4.69) is 41.2 Å². The van der Waals surface area contributed by atoms with Gasteiger partial charge in [-0.3, -0.25) is 9.36 Å². The summed E-state index contributed by atoms with van der Waals surface area (Å²) in [5.74, 6) is 1.75. The zero-order chi connectivity index (χ0) is 20.4. The molecule has 0 atom stereocenters. The van der Waals surface area contributed by atoms with Gasteiger partial charge in [-0.25, -0.2) is 19.9 Å². The molecule has 9 heteroatoms. The van der Waals surface area contributed by atoms with Gasteiger partial charge in [0.15, 0.2) is 5.65 Å². The molecule has 8 nitrogen and oxygen atoms in total. The molecule has 0 unspecified atom stereocenters. The smallest absolute Gasteiger partial charge is 0.264 e. The van der Waals surface area contributed by atoms with Gasteiger partial charge in [-0.1, -0.05) is 0 Å². The molecule has 146 valence electrons. The zero-order valence-corrected chi connectivity index (χ0v) is 17.3. The summed E-state index contributed by atoms with van der Waals surface area (Å²) in [6.45, 7) is 2.63. The maximum Gasteiger partial charge on any atom is 0.264 e. The van der Waals surface area contributed by atoms with Crippen LogP contribution in [0.2, 0.25) is 0 Å². The molecule has 0 saturated heterocycles. The number of anilines is 1. The third-order valence-corrected chi connectivity index (χ3v) is 4.66. The predicted molar refractivity (Wildman–Crippen MR) is 114 cm³/mol. The van der Waals surface area contributed by atoms with Crippen molar-refractivity contribution >= 4 is 32.9 Å². The summed E-state index contributed by atoms with van der Waals surface area (Å²) in [6.07, 6.45) is 4.78. The van der Waals surface area contributed by atoms with Crippen LogP contribution in [-0.2, 0) is 7.05 Å². The van der Waals surface area contributed by atoms with E-state index in [0.717, 1.165) is 5.39 Å². The van der Waals surface area contributed by atoms with Crippen LogP contribution in [0.4, 0.5) is 5.95 Å². The van der Waals surface area contributed by atoms with Crippen LogP contribution in [0.5, 0.6) is 11.5 Å². The lowest BCUT2D eigenvalue weighted by atomic mass is 10.2. The number of hydrogen-bond donors (Lipinski definition) is 1. The van der Waals surface area contributed by atoms with Crippen LogP contribution in [0.15, 0.2) is 58.3 Å². The summed E-state index contributed by atoms with van der Waals surface area (Å²) in [5, 5.41) is 3.85. The maximum atomic E-state index is 12.7. The molecule has 0 aromatic carbocycles. The molecule has 0 amide bonds. The standard InChI is InChI=1S/C20H17BrN6O2/c1-3-22-20-25-11-15(19(28)27(20)2)16-5-4-12-8-14(10-24-18(12)26-16)29-13-6-7-23-17(21)9-13/h4-11H,3H2,1-2H3,(H,22,25). The summed E-state index contributed by atoms with van der Waals surface area (Å²) in [4.78, 5) is 30.0. The Labute approximate surface area is 174 Å². The van der Waals surface area contributed by atoms with Gasteiger partial charge in [0.2, 0.25) is 5.95 Å². The van der Waals surface area contributed by atoms with Gasteiger partial charge in [0.1, 0.15) is 16.1 Å². The largest absolute Gasteiger partial charge is 0.456 e. The number of nitrogens with zero attached hydrogens (tertiary/aromatic N) is 5. The number of halogens is 1. The van der Waals surface area contributed by atoms with Crippen LogP contribution in [-0.4, -0.2) is 31.0 Å². The maximum absolute atomic E-state index is 12.7. The summed E-state index contributed by atoms with van der Waals surface area (Å²) >= 11 is 3.32. The van der Waals surface area contributed by atoms with Crippen LogP contribution in [0.25, 0.3) is 22.3 Å². The molecule has 0 aliphatic carbocycles. The Balaban J connectivity index is 1.67. The van der Waals surface area contributed by atoms with E-state index in [-0.39, 0.29) is 5.56 Å². The molecule has 4 aromatic heterocycles. The number of nitrogens with one attached hydrogen (secondary N) is 1. The summed E-state index contributed by atoms with van der Waals surface area (Å²) in [7, 11) is 1.68. The molecule has 4 heterocycles. The Morgan fingerprint density at radius 1 is 1.10 bits per heavy atom. The average molecular weight is 453 g/mol. The molecule has 4 aromatic rings. The Morgan fingerprint density at radius 3 is 2.76 bits per heavy atom. The quantitative estimate of drug-likeness (QED) is 0.460. The molecule has 0 radical (unpaired) electrons.